The molecule has 1 N–H and O–H groups in total. The Morgan fingerprint density at radius 1 is 1.61 bits per heavy atom. The summed E-state index contributed by atoms with van der Waals surface area (Å²) in [5, 5.41) is 1.58. The van der Waals surface area contributed by atoms with Crippen molar-refractivity contribution in [2.24, 2.45) is 0 Å². The fourth-order valence-electron chi connectivity index (χ4n) is 0.866. The molecule has 1 aromatic heterocycles. The van der Waals surface area contributed by atoms with Gasteiger partial charge in [0.15, 0.2) is 15.2 Å². The minimum Gasteiger partial charge on any atom is -0.465 e. The van der Waals surface area contributed by atoms with Crippen LogP contribution in [0, 0.1) is 0 Å². The molecule has 0 saturated heterocycles. The molecule has 102 valence electrons. The molecule has 0 saturated carbocycles. The number of alkyl halides is 4. The summed E-state index contributed by atoms with van der Waals surface area (Å²) in [6.07, 6.45) is -3.79. The van der Waals surface area contributed by atoms with Crippen LogP contribution < -0.4 is 5.32 Å². The van der Waals surface area contributed by atoms with E-state index in [1.807, 2.05) is 5.32 Å². The number of nitrogens with zero attached hydrogens (tertiary/aromatic N) is 1. The molecule has 0 unspecified atom stereocenters. The van der Waals surface area contributed by atoms with Gasteiger partial charge in [0, 0.05) is 0 Å². The number of aromatic nitrogens is 1. The zero-order chi connectivity index (χ0) is 13.9. The van der Waals surface area contributed by atoms with Gasteiger partial charge in [-0.05, 0) is 0 Å². The second-order valence-electron chi connectivity index (χ2n) is 3.05. The van der Waals surface area contributed by atoms with Crippen LogP contribution in [0.5, 0.6) is 0 Å². The second kappa shape index (κ2) is 5.70. The average Bonchev–Trinajstić information content (AvgIpc) is 2.67. The normalized spacial score (nSPS) is 11.7. The number of halogens is 5. The van der Waals surface area contributed by atoms with Crippen molar-refractivity contribution in [3.05, 3.63) is 10.0 Å². The lowest BCUT2D eigenvalue weighted by atomic mass is 10.3. The highest BCUT2D eigenvalue weighted by atomic mass is 35.5. The summed E-state index contributed by atoms with van der Waals surface area (Å²) in [5.41, 5.74) is 0. The van der Waals surface area contributed by atoms with Crippen LogP contribution in [-0.4, -0.2) is 37.0 Å². The molecule has 0 aliphatic carbocycles. The highest BCUT2D eigenvalue weighted by Crippen LogP contribution is 2.29. The first-order valence-electron chi connectivity index (χ1n) is 4.42. The smallest absolute Gasteiger partial charge is 0.351 e. The van der Waals surface area contributed by atoms with Gasteiger partial charge in [-0.25, -0.2) is 18.6 Å². The summed E-state index contributed by atoms with van der Waals surface area (Å²) < 4.78 is 53.3. The number of ether oxygens (including phenoxy) is 1. The predicted molar refractivity (Wildman–Crippen MR) is 57.9 cm³/mol. The molecule has 0 radical (unpaired) electrons. The molecule has 1 heterocycles. The minimum atomic E-state index is -4.19. The van der Waals surface area contributed by atoms with Crippen molar-refractivity contribution in [3.8, 4) is 0 Å². The fraction of sp³-hybridized carbons (Fsp3) is 0.500. The van der Waals surface area contributed by atoms with Crippen LogP contribution in [0.4, 0.5) is 22.7 Å². The van der Waals surface area contributed by atoms with E-state index in [4.69, 9.17) is 11.6 Å². The predicted octanol–water partition coefficient (Wildman–Crippen LogP) is 2.90. The minimum absolute atomic E-state index is 0.0953. The number of hydrogen-bond donors (Lipinski definition) is 1. The average molecular weight is 307 g/mol. The van der Waals surface area contributed by atoms with E-state index < -0.39 is 24.9 Å². The van der Waals surface area contributed by atoms with Crippen molar-refractivity contribution in [2.75, 3.05) is 19.0 Å². The number of rotatable bonds is 5. The third-order valence-corrected chi connectivity index (χ3v) is 3.13. The van der Waals surface area contributed by atoms with E-state index in [1.54, 1.807) is 0 Å². The molecule has 1 rings (SSSR count). The van der Waals surface area contributed by atoms with E-state index in [-0.39, 0.29) is 15.2 Å². The van der Waals surface area contributed by atoms with Crippen LogP contribution in [0.2, 0.25) is 5.15 Å². The van der Waals surface area contributed by atoms with Gasteiger partial charge in [0.1, 0.15) is 0 Å². The zero-order valence-corrected chi connectivity index (χ0v) is 10.4. The maximum Gasteiger partial charge on any atom is 0.351 e. The Bertz CT molecular complexity index is 441. The van der Waals surface area contributed by atoms with Crippen molar-refractivity contribution in [1.82, 2.24) is 4.98 Å². The Kier molecular flexibility index (Phi) is 4.74. The molecule has 18 heavy (non-hydrogen) atoms. The maximum absolute atomic E-state index is 12.6. The standard InChI is InChI=1S/C8H7ClF4N2O2S/c1-17-5(16)3-4(9)15-7(18-3)14-2-8(12,13)6(10)11/h6H,2H2,1H3,(H,14,15). The van der Waals surface area contributed by atoms with E-state index in [0.29, 0.717) is 11.3 Å². The largest absolute Gasteiger partial charge is 0.465 e. The first-order chi connectivity index (χ1) is 8.27. The highest BCUT2D eigenvalue weighted by molar-refractivity contribution is 7.18. The third kappa shape index (κ3) is 3.45. The van der Waals surface area contributed by atoms with Crippen LogP contribution in [-0.2, 0) is 4.74 Å². The van der Waals surface area contributed by atoms with Crippen LogP contribution in [0.3, 0.4) is 0 Å². The Hall–Kier alpha value is -1.09. The third-order valence-electron chi connectivity index (χ3n) is 1.75. The molecule has 10 heteroatoms. The van der Waals surface area contributed by atoms with Gasteiger partial charge >= 0.3 is 18.3 Å². The van der Waals surface area contributed by atoms with Crippen molar-refractivity contribution >= 4 is 34.0 Å². The first kappa shape index (κ1) is 15.0. The summed E-state index contributed by atoms with van der Waals surface area (Å²) in [6.45, 7) is -1.31. The Labute approximate surface area is 108 Å². The van der Waals surface area contributed by atoms with Crippen molar-refractivity contribution in [3.63, 3.8) is 0 Å². The van der Waals surface area contributed by atoms with Crippen molar-refractivity contribution < 1.29 is 27.1 Å². The van der Waals surface area contributed by atoms with Crippen LogP contribution >= 0.6 is 22.9 Å². The van der Waals surface area contributed by atoms with E-state index in [2.05, 4.69) is 9.72 Å². The topological polar surface area (TPSA) is 51.2 Å². The van der Waals surface area contributed by atoms with Crippen LogP contribution in [0.25, 0.3) is 0 Å². The molecule has 4 nitrogen and oxygen atoms in total. The van der Waals surface area contributed by atoms with Crippen LogP contribution in [0.15, 0.2) is 0 Å². The summed E-state index contributed by atoms with van der Waals surface area (Å²) in [6, 6.07) is 0. The maximum atomic E-state index is 12.6. The van der Waals surface area contributed by atoms with E-state index in [9.17, 15) is 22.4 Å². The molecule has 0 fully saturated rings. The quantitative estimate of drug-likeness (QED) is 0.671. The molecule has 0 aromatic carbocycles. The molecule has 0 bridgehead atoms. The fourth-order valence-corrected chi connectivity index (χ4v) is 1.96. The Morgan fingerprint density at radius 2 is 2.22 bits per heavy atom. The lowest BCUT2D eigenvalue weighted by Crippen LogP contribution is -2.34. The monoisotopic (exact) mass is 306 g/mol. The molecular formula is C8H7ClF4N2O2S. The van der Waals surface area contributed by atoms with Gasteiger partial charge in [0.2, 0.25) is 0 Å². The van der Waals surface area contributed by atoms with Crippen LogP contribution in [0.1, 0.15) is 9.67 Å². The van der Waals surface area contributed by atoms with Gasteiger partial charge in [-0.2, -0.15) is 8.78 Å². The summed E-state index contributed by atoms with van der Waals surface area (Å²) in [7, 11) is 1.11. The molecule has 0 aliphatic heterocycles. The number of nitrogens with one attached hydrogen (secondary N) is 1. The first-order valence-corrected chi connectivity index (χ1v) is 5.62. The molecule has 0 spiro atoms. The van der Waals surface area contributed by atoms with Gasteiger partial charge in [-0.15, -0.1) is 0 Å². The molecule has 1 aromatic rings. The Balaban J connectivity index is 2.73. The lowest BCUT2D eigenvalue weighted by molar-refractivity contribution is -0.117. The lowest BCUT2D eigenvalue weighted by Gasteiger charge is -2.14. The Morgan fingerprint density at radius 3 is 2.72 bits per heavy atom. The SMILES string of the molecule is COC(=O)c1sc(NCC(F)(F)C(F)F)nc1Cl. The van der Waals surface area contributed by atoms with E-state index in [1.165, 1.54) is 0 Å². The summed E-state index contributed by atoms with van der Waals surface area (Å²) in [4.78, 5) is 14.6. The molecule has 0 aliphatic rings. The van der Waals surface area contributed by atoms with Gasteiger partial charge in [-0.3, -0.25) is 0 Å². The number of hydrogen-bond acceptors (Lipinski definition) is 5. The van der Waals surface area contributed by atoms with Gasteiger partial charge in [-0.1, -0.05) is 22.9 Å². The van der Waals surface area contributed by atoms with E-state index in [0.717, 1.165) is 7.11 Å². The number of methoxy groups -OCH3 is 1. The number of anilines is 1. The zero-order valence-electron chi connectivity index (χ0n) is 8.85. The highest BCUT2D eigenvalue weighted by Gasteiger charge is 2.40. The van der Waals surface area contributed by atoms with Gasteiger partial charge < -0.3 is 10.1 Å². The van der Waals surface area contributed by atoms with Crippen molar-refractivity contribution in [2.45, 2.75) is 12.3 Å². The number of carbonyl (C=O) groups excluding carboxylic acids is 1. The number of esters is 1. The molecular weight excluding hydrogens is 300 g/mol. The van der Waals surface area contributed by atoms with E-state index >= 15 is 0 Å². The van der Waals surface area contributed by atoms with Gasteiger partial charge in [0.05, 0.1) is 13.7 Å². The second-order valence-corrected chi connectivity index (χ2v) is 4.40. The van der Waals surface area contributed by atoms with Gasteiger partial charge in [0.25, 0.3) is 0 Å². The van der Waals surface area contributed by atoms with Crippen molar-refractivity contribution in [1.29, 1.82) is 0 Å². The number of thiazole rings is 1. The summed E-state index contributed by atoms with van der Waals surface area (Å²) >= 11 is 6.19. The summed E-state index contributed by atoms with van der Waals surface area (Å²) in [5.74, 6) is -4.98. The molecule has 0 amide bonds. The molecule has 0 atom stereocenters. The number of carbonyl (C=O) groups is 1.